The Kier molecular flexibility index (Phi) is 2.64. The van der Waals surface area contributed by atoms with Gasteiger partial charge in [-0.3, -0.25) is 9.59 Å². The molecule has 1 aliphatic heterocycles. The molecule has 0 saturated carbocycles. The van der Waals surface area contributed by atoms with Crippen LogP contribution in [0.4, 0.5) is 11.4 Å². The van der Waals surface area contributed by atoms with Crippen molar-refractivity contribution in [2.75, 3.05) is 23.3 Å². The van der Waals surface area contributed by atoms with Crippen molar-refractivity contribution >= 4 is 23.1 Å². The van der Waals surface area contributed by atoms with Crippen LogP contribution in [0.1, 0.15) is 24.2 Å². The number of carbonyl (C=O) groups excluding carboxylic acids is 2. The molecule has 0 aromatic heterocycles. The number of nitrogens with one attached hydrogen (secondary N) is 1. The maximum absolute atomic E-state index is 11.4. The quantitative estimate of drug-likeness (QED) is 0.785. The summed E-state index contributed by atoms with van der Waals surface area (Å²) in [5.41, 5.74) is 2.12. The lowest BCUT2D eigenvalue weighted by Crippen LogP contribution is -2.21. The average Bonchev–Trinajstić information content (AvgIpc) is 2.56. The Morgan fingerprint density at radius 1 is 1.19 bits per heavy atom. The smallest absolute Gasteiger partial charge is 0.296 e. The molecule has 0 fully saturated rings. The number of hydrogen-bond donors (Lipinski definition) is 1. The summed E-state index contributed by atoms with van der Waals surface area (Å²) in [6.07, 6.45) is 0. The zero-order valence-corrected chi connectivity index (χ0v) is 9.41. The van der Waals surface area contributed by atoms with E-state index in [1.54, 1.807) is 6.07 Å². The first kappa shape index (κ1) is 10.7. The van der Waals surface area contributed by atoms with Gasteiger partial charge in [-0.2, -0.15) is 0 Å². The van der Waals surface area contributed by atoms with Gasteiger partial charge in [0.2, 0.25) is 0 Å². The molecule has 1 aromatic rings. The second-order valence-corrected chi connectivity index (χ2v) is 3.69. The summed E-state index contributed by atoms with van der Waals surface area (Å²) in [6.45, 7) is 5.94. The van der Waals surface area contributed by atoms with Crippen LogP contribution in [0.3, 0.4) is 0 Å². The highest BCUT2D eigenvalue weighted by atomic mass is 16.2. The van der Waals surface area contributed by atoms with Crippen molar-refractivity contribution in [1.29, 1.82) is 0 Å². The lowest BCUT2D eigenvalue weighted by atomic mass is 10.1. The third kappa shape index (κ3) is 1.56. The normalized spacial score (nSPS) is 13.6. The van der Waals surface area contributed by atoms with Crippen molar-refractivity contribution < 1.29 is 9.59 Å². The van der Waals surface area contributed by atoms with Crippen LogP contribution in [-0.4, -0.2) is 24.8 Å². The minimum atomic E-state index is -0.535. The summed E-state index contributed by atoms with van der Waals surface area (Å²) < 4.78 is 0. The summed E-state index contributed by atoms with van der Waals surface area (Å²) in [4.78, 5) is 24.7. The maximum Gasteiger partial charge on any atom is 0.296 e. The van der Waals surface area contributed by atoms with E-state index in [1.165, 1.54) is 0 Å². The summed E-state index contributed by atoms with van der Waals surface area (Å²) in [5.74, 6) is -0.979. The number of fused-ring (bicyclic) bond motifs is 1. The molecule has 1 N–H and O–H groups in total. The van der Waals surface area contributed by atoms with Crippen molar-refractivity contribution in [1.82, 2.24) is 0 Å². The van der Waals surface area contributed by atoms with E-state index in [9.17, 15) is 9.59 Å². The van der Waals surface area contributed by atoms with E-state index in [-0.39, 0.29) is 0 Å². The molecular formula is C12H14N2O2. The molecule has 2 rings (SSSR count). The van der Waals surface area contributed by atoms with Gasteiger partial charge in [0.15, 0.2) is 0 Å². The van der Waals surface area contributed by atoms with Gasteiger partial charge in [-0.15, -0.1) is 0 Å². The van der Waals surface area contributed by atoms with Crippen LogP contribution in [0.5, 0.6) is 0 Å². The lowest BCUT2D eigenvalue weighted by molar-refractivity contribution is -0.112. The second kappa shape index (κ2) is 3.96. The van der Waals surface area contributed by atoms with Gasteiger partial charge in [0, 0.05) is 18.8 Å². The minimum Gasteiger partial charge on any atom is -0.372 e. The van der Waals surface area contributed by atoms with Gasteiger partial charge in [-0.1, -0.05) is 0 Å². The molecule has 1 aliphatic rings. The zero-order valence-electron chi connectivity index (χ0n) is 9.41. The van der Waals surface area contributed by atoms with Crippen LogP contribution in [0.15, 0.2) is 18.2 Å². The molecule has 0 saturated heterocycles. The Morgan fingerprint density at radius 3 is 2.50 bits per heavy atom. The predicted molar refractivity (Wildman–Crippen MR) is 63.0 cm³/mol. The van der Waals surface area contributed by atoms with Crippen LogP contribution in [-0.2, 0) is 4.79 Å². The number of nitrogens with zero attached hydrogens (tertiary/aromatic N) is 1. The highest BCUT2D eigenvalue weighted by Gasteiger charge is 2.28. The number of anilines is 2. The second-order valence-electron chi connectivity index (χ2n) is 3.69. The molecule has 0 bridgehead atoms. The van der Waals surface area contributed by atoms with Gasteiger partial charge >= 0.3 is 0 Å². The molecule has 4 heteroatoms. The molecule has 0 radical (unpaired) electrons. The first-order chi connectivity index (χ1) is 7.67. The average molecular weight is 218 g/mol. The number of Topliss-reactive ketones (excluding diaryl/α,β-unsaturated/α-hetero) is 1. The Morgan fingerprint density at radius 2 is 1.88 bits per heavy atom. The first-order valence-corrected chi connectivity index (χ1v) is 5.42. The molecule has 0 aliphatic carbocycles. The maximum atomic E-state index is 11.4. The van der Waals surface area contributed by atoms with E-state index in [0.717, 1.165) is 18.8 Å². The van der Waals surface area contributed by atoms with E-state index >= 15 is 0 Å². The fraction of sp³-hybridized carbons (Fsp3) is 0.333. The number of amides is 1. The number of hydrogen-bond acceptors (Lipinski definition) is 3. The minimum absolute atomic E-state index is 0.443. The van der Waals surface area contributed by atoms with E-state index in [0.29, 0.717) is 11.3 Å². The SMILES string of the molecule is CCN(CC)c1ccc2c(c1)NC(=O)C2=O. The summed E-state index contributed by atoms with van der Waals surface area (Å²) in [6, 6.07) is 5.44. The molecule has 4 nitrogen and oxygen atoms in total. The van der Waals surface area contributed by atoms with Crippen LogP contribution in [0.25, 0.3) is 0 Å². The van der Waals surface area contributed by atoms with Crippen LogP contribution >= 0.6 is 0 Å². The molecule has 16 heavy (non-hydrogen) atoms. The number of rotatable bonds is 3. The monoisotopic (exact) mass is 218 g/mol. The standard InChI is InChI=1S/C12H14N2O2/c1-3-14(4-2)8-5-6-9-10(7-8)13-12(16)11(9)15/h5-7H,3-4H2,1-2H3,(H,13,15,16). The van der Waals surface area contributed by atoms with Gasteiger partial charge < -0.3 is 10.2 Å². The molecule has 0 atom stereocenters. The fourth-order valence-electron chi connectivity index (χ4n) is 1.92. The number of benzene rings is 1. The van der Waals surface area contributed by atoms with Crippen LogP contribution in [0, 0.1) is 0 Å². The highest BCUT2D eigenvalue weighted by molar-refractivity contribution is 6.51. The van der Waals surface area contributed by atoms with E-state index in [2.05, 4.69) is 24.1 Å². The first-order valence-electron chi connectivity index (χ1n) is 5.42. The van der Waals surface area contributed by atoms with E-state index < -0.39 is 11.7 Å². The van der Waals surface area contributed by atoms with Gasteiger partial charge in [-0.25, -0.2) is 0 Å². The van der Waals surface area contributed by atoms with Crippen molar-refractivity contribution in [2.24, 2.45) is 0 Å². The van der Waals surface area contributed by atoms with Crippen molar-refractivity contribution in [2.45, 2.75) is 13.8 Å². The van der Waals surface area contributed by atoms with Crippen LogP contribution in [0.2, 0.25) is 0 Å². The van der Waals surface area contributed by atoms with Gasteiger partial charge in [-0.05, 0) is 32.0 Å². The molecule has 0 unspecified atom stereocenters. The topological polar surface area (TPSA) is 49.4 Å². The van der Waals surface area contributed by atoms with Gasteiger partial charge in [0.25, 0.3) is 11.7 Å². The van der Waals surface area contributed by atoms with Gasteiger partial charge in [0.05, 0.1) is 11.3 Å². The van der Waals surface area contributed by atoms with Crippen molar-refractivity contribution in [3.8, 4) is 0 Å². The van der Waals surface area contributed by atoms with Crippen molar-refractivity contribution in [3.63, 3.8) is 0 Å². The molecular weight excluding hydrogens is 204 g/mol. The third-order valence-electron chi connectivity index (χ3n) is 2.83. The molecule has 1 aromatic carbocycles. The number of carbonyl (C=O) groups is 2. The predicted octanol–water partition coefficient (Wildman–Crippen LogP) is 1.67. The Labute approximate surface area is 94.2 Å². The zero-order chi connectivity index (χ0) is 11.7. The number of ketones is 1. The summed E-state index contributed by atoms with van der Waals surface area (Å²) >= 11 is 0. The van der Waals surface area contributed by atoms with Gasteiger partial charge in [0.1, 0.15) is 0 Å². The molecule has 1 heterocycles. The molecule has 1 amide bonds. The highest BCUT2D eigenvalue weighted by Crippen LogP contribution is 2.28. The third-order valence-corrected chi connectivity index (χ3v) is 2.83. The Balaban J connectivity index is 2.38. The van der Waals surface area contributed by atoms with Crippen molar-refractivity contribution in [3.05, 3.63) is 23.8 Å². The summed E-state index contributed by atoms with van der Waals surface area (Å²) in [7, 11) is 0. The van der Waals surface area contributed by atoms with E-state index in [1.807, 2.05) is 12.1 Å². The summed E-state index contributed by atoms with van der Waals surface area (Å²) in [5, 5.41) is 2.58. The molecule has 84 valence electrons. The molecule has 0 spiro atoms. The van der Waals surface area contributed by atoms with E-state index in [4.69, 9.17) is 0 Å². The van der Waals surface area contributed by atoms with Crippen LogP contribution < -0.4 is 10.2 Å². The largest absolute Gasteiger partial charge is 0.372 e. The lowest BCUT2D eigenvalue weighted by Gasteiger charge is -2.21. The fourth-order valence-corrected chi connectivity index (χ4v) is 1.92. The Bertz CT molecular complexity index is 450. The Hall–Kier alpha value is -1.84.